The molecule has 294 valence electrons. The lowest BCUT2D eigenvalue weighted by Crippen LogP contribution is -2.48. The van der Waals surface area contributed by atoms with Crippen molar-refractivity contribution in [3.63, 3.8) is 0 Å². The summed E-state index contributed by atoms with van der Waals surface area (Å²) < 4.78 is 6.52. The number of anilines is 3. The fraction of sp³-hybridized carbons (Fsp3) is 0.276. The number of furan rings is 1. The molecule has 3 saturated carbocycles. The molecule has 1 heterocycles. The summed E-state index contributed by atoms with van der Waals surface area (Å²) in [6.07, 6.45) is 13.1. The Kier molecular flexibility index (Phi) is 7.61. The lowest BCUT2D eigenvalue weighted by molar-refractivity contribution is 0.0557. The summed E-state index contributed by atoms with van der Waals surface area (Å²) in [5, 5.41) is 2.33. The van der Waals surface area contributed by atoms with E-state index in [1.54, 1.807) is 11.1 Å². The number of para-hydroxylation sites is 2. The molecule has 0 N–H and O–H groups in total. The Hall–Kier alpha value is -5.86. The van der Waals surface area contributed by atoms with E-state index in [2.05, 4.69) is 163 Å². The Bertz CT molecular complexity index is 2990. The van der Waals surface area contributed by atoms with Gasteiger partial charge in [0, 0.05) is 44.2 Å². The van der Waals surface area contributed by atoms with E-state index < -0.39 is 0 Å². The van der Waals surface area contributed by atoms with Crippen molar-refractivity contribution < 1.29 is 4.42 Å². The molecule has 0 saturated heterocycles. The summed E-state index contributed by atoms with van der Waals surface area (Å²) in [7, 11) is 0. The highest BCUT2D eigenvalue weighted by Gasteiger charge is 2.56. The second kappa shape index (κ2) is 13.1. The Labute approximate surface area is 353 Å². The maximum atomic E-state index is 6.52. The number of rotatable bonds is 5. The largest absolute Gasteiger partial charge is 0.455 e. The number of fused-ring (bicyclic) bond motifs is 16. The quantitative estimate of drug-likeness (QED) is 0.173. The summed E-state index contributed by atoms with van der Waals surface area (Å²) in [6, 6.07) is 58.0. The Morgan fingerprint density at radius 2 is 1.20 bits per heavy atom. The van der Waals surface area contributed by atoms with Crippen LogP contribution in [0.25, 0.3) is 55.3 Å². The summed E-state index contributed by atoms with van der Waals surface area (Å²) >= 11 is 0. The van der Waals surface area contributed by atoms with Gasteiger partial charge in [-0.3, -0.25) is 0 Å². The molecule has 60 heavy (non-hydrogen) atoms. The predicted octanol–water partition coefficient (Wildman–Crippen LogP) is 16.1. The van der Waals surface area contributed by atoms with Crippen LogP contribution in [0.2, 0.25) is 0 Å². The molecule has 4 atom stereocenters. The molecule has 3 fully saturated rings. The fourth-order valence-electron chi connectivity index (χ4n) is 14.0. The number of hydrogen-bond donors (Lipinski definition) is 0. The number of benzene rings is 7. The highest BCUT2D eigenvalue weighted by atomic mass is 16.3. The molecule has 2 nitrogen and oxygen atoms in total. The fourth-order valence-corrected chi connectivity index (χ4v) is 14.0. The van der Waals surface area contributed by atoms with Crippen molar-refractivity contribution in [1.82, 2.24) is 0 Å². The maximum Gasteiger partial charge on any atom is 0.143 e. The summed E-state index contributed by atoms with van der Waals surface area (Å²) in [5.41, 5.74) is 20.0. The van der Waals surface area contributed by atoms with Crippen LogP contribution in [-0.4, -0.2) is 0 Å². The molecule has 5 aliphatic carbocycles. The van der Waals surface area contributed by atoms with E-state index in [9.17, 15) is 0 Å². The standard InChI is InChI=1S/C58H51NO/c1-2-39-33-37-13-11-14-40(34-37)58(39)52-21-7-4-16-46(52)50-35-42(28-30-53(50)58)59(43-27-29-47-45-15-3-6-20-51(45)57(54(47)36-43)31-9-10-32-57)41-25-23-38(24-26-41)44-18-12-19-49-48-17-5-8-22-55(48)60-56(44)49/h3-8,12,15-30,35-37,39-40H,2,9-11,13-14,31-34H2,1H3. The summed E-state index contributed by atoms with van der Waals surface area (Å²) in [6.45, 7) is 2.46. The van der Waals surface area contributed by atoms with E-state index in [-0.39, 0.29) is 10.8 Å². The highest BCUT2D eigenvalue weighted by Crippen LogP contribution is 2.65. The molecular formula is C58H51NO. The van der Waals surface area contributed by atoms with Gasteiger partial charge in [-0.1, -0.05) is 148 Å². The van der Waals surface area contributed by atoms with Crippen LogP contribution in [0.1, 0.15) is 93.4 Å². The monoisotopic (exact) mass is 777 g/mol. The summed E-state index contributed by atoms with van der Waals surface area (Å²) in [4.78, 5) is 2.56. The zero-order valence-corrected chi connectivity index (χ0v) is 34.6. The minimum Gasteiger partial charge on any atom is -0.455 e. The van der Waals surface area contributed by atoms with Crippen LogP contribution in [0.3, 0.4) is 0 Å². The molecule has 2 bridgehead atoms. The van der Waals surface area contributed by atoms with Crippen molar-refractivity contribution in [2.75, 3.05) is 4.90 Å². The summed E-state index contributed by atoms with van der Waals surface area (Å²) in [5.74, 6) is 2.28. The molecule has 4 unspecified atom stereocenters. The van der Waals surface area contributed by atoms with E-state index in [0.717, 1.165) is 39.0 Å². The van der Waals surface area contributed by atoms with Crippen LogP contribution in [0.5, 0.6) is 0 Å². The minimum absolute atomic E-state index is 0.0972. The number of nitrogens with zero attached hydrogens (tertiary/aromatic N) is 1. The van der Waals surface area contributed by atoms with Gasteiger partial charge in [0.1, 0.15) is 11.2 Å². The van der Waals surface area contributed by atoms with Gasteiger partial charge >= 0.3 is 0 Å². The van der Waals surface area contributed by atoms with E-state index in [0.29, 0.717) is 11.8 Å². The van der Waals surface area contributed by atoms with E-state index in [1.165, 1.54) is 115 Å². The number of hydrogen-bond acceptors (Lipinski definition) is 2. The first kappa shape index (κ1) is 34.9. The van der Waals surface area contributed by atoms with E-state index >= 15 is 0 Å². The van der Waals surface area contributed by atoms with Gasteiger partial charge in [0.2, 0.25) is 0 Å². The second-order valence-electron chi connectivity index (χ2n) is 18.9. The molecule has 7 aromatic carbocycles. The normalized spacial score (nSPS) is 22.9. The second-order valence-corrected chi connectivity index (χ2v) is 18.9. The van der Waals surface area contributed by atoms with Crippen molar-refractivity contribution in [3.05, 3.63) is 174 Å². The van der Waals surface area contributed by atoms with Crippen LogP contribution in [0.15, 0.2) is 156 Å². The van der Waals surface area contributed by atoms with Gasteiger partial charge in [0.05, 0.1) is 0 Å². The molecule has 8 aromatic rings. The molecular weight excluding hydrogens is 727 g/mol. The van der Waals surface area contributed by atoms with Crippen LogP contribution in [0.4, 0.5) is 17.1 Å². The van der Waals surface area contributed by atoms with Crippen molar-refractivity contribution in [1.29, 1.82) is 0 Å². The molecule has 0 amide bonds. The van der Waals surface area contributed by atoms with Gasteiger partial charge in [-0.25, -0.2) is 0 Å². The van der Waals surface area contributed by atoms with E-state index in [1.807, 2.05) is 0 Å². The third kappa shape index (κ3) is 4.71. The zero-order valence-electron chi connectivity index (χ0n) is 34.6. The van der Waals surface area contributed by atoms with Gasteiger partial charge in [-0.05, 0) is 142 Å². The molecule has 2 heteroatoms. The van der Waals surface area contributed by atoms with Crippen molar-refractivity contribution in [3.8, 4) is 33.4 Å². The highest BCUT2D eigenvalue weighted by molar-refractivity contribution is 6.09. The smallest absolute Gasteiger partial charge is 0.143 e. The molecule has 5 aliphatic rings. The molecule has 0 radical (unpaired) electrons. The van der Waals surface area contributed by atoms with Crippen LogP contribution < -0.4 is 4.90 Å². The van der Waals surface area contributed by atoms with Crippen molar-refractivity contribution in [2.45, 2.75) is 82.0 Å². The van der Waals surface area contributed by atoms with Gasteiger partial charge in [0.15, 0.2) is 0 Å². The first-order valence-electron chi connectivity index (χ1n) is 23.0. The van der Waals surface area contributed by atoms with Gasteiger partial charge in [-0.15, -0.1) is 0 Å². The van der Waals surface area contributed by atoms with Gasteiger partial charge < -0.3 is 9.32 Å². The predicted molar refractivity (Wildman–Crippen MR) is 249 cm³/mol. The lowest BCUT2D eigenvalue weighted by Gasteiger charge is -2.54. The van der Waals surface area contributed by atoms with Crippen LogP contribution >= 0.6 is 0 Å². The average Bonchev–Trinajstić information content (AvgIpc) is 4.08. The Balaban J connectivity index is 0.991. The minimum atomic E-state index is 0.0972. The third-order valence-electron chi connectivity index (χ3n) is 16.4. The van der Waals surface area contributed by atoms with Crippen LogP contribution in [-0.2, 0) is 10.8 Å². The third-order valence-corrected chi connectivity index (χ3v) is 16.4. The first-order chi connectivity index (χ1) is 29.7. The topological polar surface area (TPSA) is 16.4 Å². The van der Waals surface area contributed by atoms with Crippen molar-refractivity contribution in [2.24, 2.45) is 17.8 Å². The zero-order chi connectivity index (χ0) is 39.6. The Morgan fingerprint density at radius 3 is 2.05 bits per heavy atom. The van der Waals surface area contributed by atoms with Crippen LogP contribution in [0, 0.1) is 17.8 Å². The SMILES string of the molecule is CCC1CC2CCCC(C2)C12c1ccccc1-c1cc(N(c3ccc(-c4cccc5c4oc4ccccc45)cc3)c3ccc4c(c3)C3(CCCC3)c3ccccc3-4)ccc12. The van der Waals surface area contributed by atoms with E-state index in [4.69, 9.17) is 4.42 Å². The lowest BCUT2D eigenvalue weighted by atomic mass is 9.50. The molecule has 0 aliphatic heterocycles. The first-order valence-corrected chi connectivity index (χ1v) is 23.0. The maximum absolute atomic E-state index is 6.52. The van der Waals surface area contributed by atoms with Crippen molar-refractivity contribution >= 4 is 39.0 Å². The molecule has 13 rings (SSSR count). The van der Waals surface area contributed by atoms with Gasteiger partial charge in [0.25, 0.3) is 0 Å². The molecule has 2 spiro atoms. The average molecular weight is 778 g/mol. The van der Waals surface area contributed by atoms with Gasteiger partial charge in [-0.2, -0.15) is 0 Å². The Morgan fingerprint density at radius 1 is 0.533 bits per heavy atom. The molecule has 1 aromatic heterocycles.